The number of rotatable bonds is 8. The molecule has 1 unspecified atom stereocenters. The molecule has 0 bridgehead atoms. The summed E-state index contributed by atoms with van der Waals surface area (Å²) in [6.45, 7) is 5.10. The van der Waals surface area contributed by atoms with Gasteiger partial charge in [0.25, 0.3) is 0 Å². The SMILES string of the molecule is CCCN(CC1CC1)C(CN)c1cc(Br)ccc1OC. The molecule has 0 spiro atoms. The summed E-state index contributed by atoms with van der Waals surface area (Å²) in [5.74, 6) is 1.80. The van der Waals surface area contributed by atoms with E-state index in [1.165, 1.54) is 18.4 Å². The van der Waals surface area contributed by atoms with Crippen molar-refractivity contribution in [2.75, 3.05) is 26.7 Å². The summed E-state index contributed by atoms with van der Waals surface area (Å²) in [6, 6.07) is 6.42. The zero-order valence-corrected chi connectivity index (χ0v) is 14.0. The van der Waals surface area contributed by atoms with E-state index in [0.29, 0.717) is 6.54 Å². The predicted molar refractivity (Wildman–Crippen MR) is 87.1 cm³/mol. The molecule has 2 rings (SSSR count). The summed E-state index contributed by atoms with van der Waals surface area (Å²) in [6.07, 6.45) is 3.89. The molecule has 0 saturated heterocycles. The molecule has 2 N–H and O–H groups in total. The van der Waals surface area contributed by atoms with Gasteiger partial charge < -0.3 is 10.5 Å². The highest BCUT2D eigenvalue weighted by Gasteiger charge is 2.29. The Morgan fingerprint density at radius 1 is 1.45 bits per heavy atom. The monoisotopic (exact) mass is 340 g/mol. The zero-order valence-electron chi connectivity index (χ0n) is 12.4. The summed E-state index contributed by atoms with van der Waals surface area (Å²) in [5, 5.41) is 0. The first kappa shape index (κ1) is 15.8. The Hall–Kier alpha value is -0.580. The number of methoxy groups -OCH3 is 1. The summed E-state index contributed by atoms with van der Waals surface area (Å²) >= 11 is 3.56. The molecule has 0 heterocycles. The van der Waals surface area contributed by atoms with E-state index < -0.39 is 0 Å². The number of hydrogen-bond acceptors (Lipinski definition) is 3. The van der Waals surface area contributed by atoms with E-state index in [0.717, 1.165) is 35.7 Å². The molecule has 1 fully saturated rings. The van der Waals surface area contributed by atoms with E-state index in [9.17, 15) is 0 Å². The van der Waals surface area contributed by atoms with Crippen LogP contribution in [0.1, 0.15) is 37.8 Å². The maximum atomic E-state index is 6.09. The highest BCUT2D eigenvalue weighted by atomic mass is 79.9. The first-order chi connectivity index (χ1) is 9.69. The molecule has 0 radical (unpaired) electrons. The normalized spacial score (nSPS) is 16.4. The molecule has 20 heavy (non-hydrogen) atoms. The molecular weight excluding hydrogens is 316 g/mol. The lowest BCUT2D eigenvalue weighted by Gasteiger charge is -2.32. The van der Waals surface area contributed by atoms with Crippen LogP contribution in [0, 0.1) is 5.92 Å². The third kappa shape index (κ3) is 3.96. The van der Waals surface area contributed by atoms with Crippen molar-refractivity contribution in [1.82, 2.24) is 4.90 Å². The van der Waals surface area contributed by atoms with Crippen molar-refractivity contribution in [3.63, 3.8) is 0 Å². The second-order valence-electron chi connectivity index (χ2n) is 5.58. The van der Waals surface area contributed by atoms with Gasteiger partial charge in [0.2, 0.25) is 0 Å². The van der Waals surface area contributed by atoms with Gasteiger partial charge in [-0.3, -0.25) is 4.90 Å². The maximum Gasteiger partial charge on any atom is 0.123 e. The Kier molecular flexibility index (Phi) is 5.87. The summed E-state index contributed by atoms with van der Waals surface area (Å²) in [4.78, 5) is 2.53. The number of hydrogen-bond donors (Lipinski definition) is 1. The van der Waals surface area contributed by atoms with E-state index in [4.69, 9.17) is 10.5 Å². The van der Waals surface area contributed by atoms with Crippen LogP contribution in [0.3, 0.4) is 0 Å². The van der Waals surface area contributed by atoms with Crippen molar-refractivity contribution >= 4 is 15.9 Å². The topological polar surface area (TPSA) is 38.5 Å². The van der Waals surface area contributed by atoms with Crippen LogP contribution in [0.15, 0.2) is 22.7 Å². The van der Waals surface area contributed by atoms with E-state index in [1.54, 1.807) is 7.11 Å². The van der Waals surface area contributed by atoms with Gasteiger partial charge in [-0.15, -0.1) is 0 Å². The van der Waals surface area contributed by atoms with Crippen LogP contribution in [0.5, 0.6) is 5.75 Å². The van der Waals surface area contributed by atoms with Gasteiger partial charge in [-0.1, -0.05) is 22.9 Å². The fraction of sp³-hybridized carbons (Fsp3) is 0.625. The standard InChI is InChI=1S/C16H25BrN2O/c1-3-8-19(11-12-4-5-12)15(10-18)14-9-13(17)6-7-16(14)20-2/h6-7,9,12,15H,3-5,8,10-11,18H2,1-2H3. The number of benzene rings is 1. The molecule has 1 aliphatic rings. The van der Waals surface area contributed by atoms with Crippen LogP contribution in [0.2, 0.25) is 0 Å². The fourth-order valence-corrected chi connectivity index (χ4v) is 3.11. The van der Waals surface area contributed by atoms with E-state index in [2.05, 4.69) is 33.8 Å². The minimum atomic E-state index is 0.239. The molecule has 1 aromatic carbocycles. The lowest BCUT2D eigenvalue weighted by Crippen LogP contribution is -2.36. The van der Waals surface area contributed by atoms with Gasteiger partial charge in [-0.05, 0) is 49.9 Å². The van der Waals surface area contributed by atoms with Crippen molar-refractivity contribution in [3.05, 3.63) is 28.2 Å². The van der Waals surface area contributed by atoms with Crippen LogP contribution >= 0.6 is 15.9 Å². The lowest BCUT2D eigenvalue weighted by atomic mass is 10.0. The third-order valence-electron chi connectivity index (χ3n) is 3.92. The second-order valence-corrected chi connectivity index (χ2v) is 6.49. The minimum Gasteiger partial charge on any atom is -0.496 e. The average molecular weight is 341 g/mol. The quantitative estimate of drug-likeness (QED) is 0.785. The lowest BCUT2D eigenvalue weighted by molar-refractivity contribution is 0.190. The van der Waals surface area contributed by atoms with Crippen molar-refractivity contribution in [2.24, 2.45) is 11.7 Å². The predicted octanol–water partition coefficient (Wildman–Crippen LogP) is 3.58. The minimum absolute atomic E-state index is 0.239. The van der Waals surface area contributed by atoms with Crippen molar-refractivity contribution in [2.45, 2.75) is 32.2 Å². The Balaban J connectivity index is 2.25. The van der Waals surface area contributed by atoms with Gasteiger partial charge >= 0.3 is 0 Å². The van der Waals surface area contributed by atoms with Crippen molar-refractivity contribution < 1.29 is 4.74 Å². The summed E-state index contributed by atoms with van der Waals surface area (Å²) in [7, 11) is 1.73. The number of ether oxygens (including phenoxy) is 1. The van der Waals surface area contributed by atoms with Crippen molar-refractivity contribution in [3.8, 4) is 5.75 Å². The van der Waals surface area contributed by atoms with Gasteiger partial charge in [0, 0.05) is 23.1 Å². The largest absolute Gasteiger partial charge is 0.496 e. The second kappa shape index (κ2) is 7.43. The molecule has 0 aromatic heterocycles. The fourth-order valence-electron chi connectivity index (χ4n) is 2.73. The van der Waals surface area contributed by atoms with E-state index in [-0.39, 0.29) is 6.04 Å². The van der Waals surface area contributed by atoms with E-state index in [1.807, 2.05) is 12.1 Å². The third-order valence-corrected chi connectivity index (χ3v) is 4.41. The molecular formula is C16H25BrN2O. The molecule has 0 amide bonds. The van der Waals surface area contributed by atoms with Crippen LogP contribution in [-0.4, -0.2) is 31.6 Å². The van der Waals surface area contributed by atoms with Crippen LogP contribution in [0.4, 0.5) is 0 Å². The molecule has 1 atom stereocenters. The van der Waals surface area contributed by atoms with Crippen LogP contribution in [0.25, 0.3) is 0 Å². The Bertz CT molecular complexity index is 434. The molecule has 1 aromatic rings. The Morgan fingerprint density at radius 3 is 2.75 bits per heavy atom. The van der Waals surface area contributed by atoms with Gasteiger partial charge in [-0.25, -0.2) is 0 Å². The highest BCUT2D eigenvalue weighted by molar-refractivity contribution is 9.10. The van der Waals surface area contributed by atoms with Gasteiger partial charge in [0.1, 0.15) is 5.75 Å². The number of halogens is 1. The highest BCUT2D eigenvalue weighted by Crippen LogP contribution is 2.36. The first-order valence-corrected chi connectivity index (χ1v) is 8.26. The van der Waals surface area contributed by atoms with Gasteiger partial charge in [-0.2, -0.15) is 0 Å². The maximum absolute atomic E-state index is 6.09. The molecule has 0 aliphatic heterocycles. The number of nitrogens with two attached hydrogens (primary N) is 1. The van der Waals surface area contributed by atoms with Crippen LogP contribution in [-0.2, 0) is 0 Å². The Morgan fingerprint density at radius 2 is 2.20 bits per heavy atom. The molecule has 4 heteroatoms. The summed E-state index contributed by atoms with van der Waals surface area (Å²) < 4.78 is 6.61. The number of nitrogens with zero attached hydrogens (tertiary/aromatic N) is 1. The zero-order chi connectivity index (χ0) is 14.5. The van der Waals surface area contributed by atoms with Crippen LogP contribution < -0.4 is 10.5 Å². The van der Waals surface area contributed by atoms with E-state index >= 15 is 0 Å². The average Bonchev–Trinajstić information content (AvgIpc) is 3.24. The Labute approximate surface area is 130 Å². The molecule has 1 saturated carbocycles. The molecule has 112 valence electrons. The van der Waals surface area contributed by atoms with Crippen molar-refractivity contribution in [1.29, 1.82) is 0 Å². The summed E-state index contributed by atoms with van der Waals surface area (Å²) in [5.41, 5.74) is 7.29. The smallest absolute Gasteiger partial charge is 0.123 e. The van der Waals surface area contributed by atoms with Gasteiger partial charge in [0.05, 0.1) is 13.2 Å². The van der Waals surface area contributed by atoms with Gasteiger partial charge in [0.15, 0.2) is 0 Å². The first-order valence-electron chi connectivity index (χ1n) is 7.47. The molecule has 3 nitrogen and oxygen atoms in total. The molecule has 1 aliphatic carbocycles.